The van der Waals surface area contributed by atoms with E-state index in [9.17, 15) is 8.42 Å². The molecular weight excluding hydrogens is 430 g/mol. The van der Waals surface area contributed by atoms with E-state index in [4.69, 9.17) is 21.9 Å². The van der Waals surface area contributed by atoms with E-state index in [1.165, 1.54) is 108 Å². The third kappa shape index (κ3) is 17.6. The first-order chi connectivity index (χ1) is 14.5. The Kier molecular flexibility index (Phi) is 16.6. The highest BCUT2D eigenvalue weighted by molar-refractivity contribution is 7.85. The molecule has 0 amide bonds. The summed E-state index contributed by atoms with van der Waals surface area (Å²) >= 11 is 5.49. The maximum atomic E-state index is 10.5. The van der Waals surface area contributed by atoms with Crippen LogP contribution in [0.1, 0.15) is 111 Å². The zero-order chi connectivity index (χ0) is 23.8. The predicted molar refractivity (Wildman–Crippen MR) is 134 cm³/mol. The van der Waals surface area contributed by atoms with E-state index in [1.54, 1.807) is 0 Å². The third-order valence-electron chi connectivity index (χ3n) is 5.87. The Hall–Kier alpha value is -0.620. The Labute approximate surface area is 197 Å². The summed E-state index contributed by atoms with van der Waals surface area (Å²) in [6.45, 7) is 8.88. The molecule has 31 heavy (non-hydrogen) atoms. The van der Waals surface area contributed by atoms with Crippen molar-refractivity contribution in [2.75, 3.05) is 0 Å². The molecule has 1 aromatic rings. The highest BCUT2D eigenvalue weighted by atomic mass is 35.5. The number of unbranched alkanes of at least 4 members (excludes halogenated alkanes) is 11. The van der Waals surface area contributed by atoms with Crippen LogP contribution in [0.25, 0.3) is 0 Å². The molecule has 0 saturated heterocycles. The second-order valence-electron chi connectivity index (χ2n) is 9.33. The van der Waals surface area contributed by atoms with Crippen LogP contribution in [0.15, 0.2) is 29.2 Å². The average Bonchev–Trinajstić information content (AvgIpc) is 2.68. The molecule has 0 aromatic heterocycles. The van der Waals surface area contributed by atoms with Crippen LogP contribution in [0.5, 0.6) is 0 Å². The summed E-state index contributed by atoms with van der Waals surface area (Å²) in [6.07, 6.45) is 18.4. The highest BCUT2D eigenvalue weighted by Gasteiger charge is 2.19. The molecule has 1 rings (SSSR count). The van der Waals surface area contributed by atoms with Gasteiger partial charge in [-0.15, -0.1) is 0 Å². The van der Waals surface area contributed by atoms with Gasteiger partial charge >= 0.3 is 0 Å². The number of hydrogen-bond donors (Lipinski definition) is 2. The van der Waals surface area contributed by atoms with Crippen LogP contribution in [-0.4, -0.2) is 18.5 Å². The van der Waals surface area contributed by atoms with E-state index in [1.807, 2.05) is 0 Å². The fourth-order valence-electron chi connectivity index (χ4n) is 3.27. The summed E-state index contributed by atoms with van der Waals surface area (Å²) in [4.78, 5) is -0.151. The van der Waals surface area contributed by atoms with Crippen LogP contribution in [-0.2, 0) is 10.1 Å². The van der Waals surface area contributed by atoms with Gasteiger partial charge < -0.3 is 5.73 Å². The maximum Gasteiger partial charge on any atom is 0.294 e. The quantitative estimate of drug-likeness (QED) is 0.198. The molecule has 4 nitrogen and oxygen atoms in total. The average molecular weight is 476 g/mol. The van der Waals surface area contributed by atoms with E-state index in [0.717, 1.165) is 0 Å². The molecule has 1 unspecified atom stereocenters. The minimum absolute atomic E-state index is 0.00221. The van der Waals surface area contributed by atoms with E-state index in [0.29, 0.717) is 10.9 Å². The van der Waals surface area contributed by atoms with E-state index < -0.39 is 10.1 Å². The zero-order valence-corrected chi connectivity index (χ0v) is 21.8. The number of nitrogens with two attached hydrogens (primary N) is 1. The van der Waals surface area contributed by atoms with Crippen LogP contribution in [0.3, 0.4) is 0 Å². The Morgan fingerprint density at radius 3 is 1.61 bits per heavy atom. The molecule has 0 bridgehead atoms. The van der Waals surface area contributed by atoms with Gasteiger partial charge in [0.15, 0.2) is 0 Å². The van der Waals surface area contributed by atoms with Gasteiger partial charge in [-0.05, 0) is 50.5 Å². The zero-order valence-electron chi connectivity index (χ0n) is 20.2. The fourth-order valence-corrected chi connectivity index (χ4v) is 3.88. The molecule has 0 radical (unpaired) electrons. The van der Waals surface area contributed by atoms with Gasteiger partial charge in [0.1, 0.15) is 0 Å². The Morgan fingerprint density at radius 2 is 1.26 bits per heavy atom. The molecule has 6 heteroatoms. The van der Waals surface area contributed by atoms with Crippen LogP contribution in [0.2, 0.25) is 5.02 Å². The van der Waals surface area contributed by atoms with Gasteiger partial charge in [-0.25, -0.2) is 0 Å². The number of halogens is 1. The number of benzene rings is 1. The topological polar surface area (TPSA) is 80.4 Å². The molecule has 0 fully saturated rings. The summed E-state index contributed by atoms with van der Waals surface area (Å²) in [5, 5.41) is 0.428. The first-order valence-electron chi connectivity index (χ1n) is 12.0. The molecule has 0 heterocycles. The maximum absolute atomic E-state index is 10.5. The van der Waals surface area contributed by atoms with E-state index in [2.05, 4.69) is 27.7 Å². The lowest BCUT2D eigenvalue weighted by atomic mass is 9.86. The summed E-state index contributed by atoms with van der Waals surface area (Å²) in [7, 11) is -4.08. The Morgan fingerprint density at radius 1 is 0.871 bits per heavy atom. The molecular formula is C25H46ClNO3S. The lowest BCUT2D eigenvalue weighted by Gasteiger charge is -2.27. The molecule has 0 aliphatic heterocycles. The SMILES string of the molecule is CCCCCCCCCCCCCCC(C)C(C)(C)N.O=S(=O)(O)c1ccc(Cl)cc1. The Balaban J connectivity index is 0.000000683. The molecule has 0 aliphatic rings. The lowest BCUT2D eigenvalue weighted by Crippen LogP contribution is -2.39. The largest absolute Gasteiger partial charge is 0.325 e. The normalized spacial score (nSPS) is 12.9. The van der Waals surface area contributed by atoms with Gasteiger partial charge in [0.25, 0.3) is 10.1 Å². The van der Waals surface area contributed by atoms with E-state index in [-0.39, 0.29) is 10.4 Å². The van der Waals surface area contributed by atoms with Crippen molar-refractivity contribution >= 4 is 21.7 Å². The third-order valence-corrected chi connectivity index (χ3v) is 6.99. The van der Waals surface area contributed by atoms with Gasteiger partial charge in [-0.2, -0.15) is 8.42 Å². The van der Waals surface area contributed by atoms with Crippen molar-refractivity contribution in [1.29, 1.82) is 0 Å². The van der Waals surface area contributed by atoms with Crippen LogP contribution < -0.4 is 5.73 Å². The standard InChI is InChI=1S/C19H41N.C6H5ClO3S/c1-5-6-7-8-9-10-11-12-13-14-15-16-17-18(2)19(3,4)20;7-5-1-3-6(4-2-5)11(8,9)10/h18H,5-17,20H2,1-4H3;1-4H,(H,8,9,10). The van der Waals surface area contributed by atoms with Crippen molar-refractivity contribution in [3.63, 3.8) is 0 Å². The summed E-state index contributed by atoms with van der Waals surface area (Å²) in [6, 6.07) is 5.25. The smallest absolute Gasteiger partial charge is 0.294 e. The fraction of sp³-hybridized carbons (Fsp3) is 0.760. The Bertz CT molecular complexity index is 654. The van der Waals surface area contributed by atoms with Crippen molar-refractivity contribution in [3.05, 3.63) is 29.3 Å². The monoisotopic (exact) mass is 475 g/mol. The molecule has 1 aromatic carbocycles. The minimum Gasteiger partial charge on any atom is -0.325 e. The molecule has 3 N–H and O–H groups in total. The molecule has 182 valence electrons. The van der Waals surface area contributed by atoms with Gasteiger partial charge in [0.05, 0.1) is 4.90 Å². The van der Waals surface area contributed by atoms with Crippen molar-refractivity contribution in [2.45, 2.75) is 122 Å². The molecule has 0 spiro atoms. The first kappa shape index (κ1) is 30.4. The van der Waals surface area contributed by atoms with Gasteiger partial charge in [-0.1, -0.05) is 102 Å². The molecule has 0 saturated carbocycles. The summed E-state index contributed by atoms with van der Waals surface area (Å²) < 4.78 is 29.4. The minimum atomic E-state index is -4.08. The lowest BCUT2D eigenvalue weighted by molar-refractivity contribution is 0.316. The van der Waals surface area contributed by atoms with Gasteiger partial charge in [0, 0.05) is 10.6 Å². The first-order valence-corrected chi connectivity index (χ1v) is 13.8. The number of rotatable bonds is 15. The van der Waals surface area contributed by atoms with Crippen LogP contribution >= 0.6 is 11.6 Å². The van der Waals surface area contributed by atoms with Crippen molar-refractivity contribution in [3.8, 4) is 0 Å². The summed E-state index contributed by atoms with van der Waals surface area (Å²) in [5.41, 5.74) is 6.12. The highest BCUT2D eigenvalue weighted by Crippen LogP contribution is 2.20. The molecule has 0 aliphatic carbocycles. The molecule has 1 atom stereocenters. The van der Waals surface area contributed by atoms with Crippen molar-refractivity contribution in [2.24, 2.45) is 11.7 Å². The predicted octanol–water partition coefficient (Wildman–Crippen LogP) is 8.04. The van der Waals surface area contributed by atoms with Crippen LogP contribution in [0.4, 0.5) is 0 Å². The van der Waals surface area contributed by atoms with Gasteiger partial charge in [0.2, 0.25) is 0 Å². The summed E-state index contributed by atoms with van der Waals surface area (Å²) in [5.74, 6) is 0.644. The van der Waals surface area contributed by atoms with Crippen molar-refractivity contribution < 1.29 is 13.0 Å². The number of hydrogen-bond acceptors (Lipinski definition) is 3. The van der Waals surface area contributed by atoms with Crippen LogP contribution in [0, 0.1) is 5.92 Å². The second-order valence-corrected chi connectivity index (χ2v) is 11.2. The van der Waals surface area contributed by atoms with E-state index >= 15 is 0 Å². The van der Waals surface area contributed by atoms with Crippen molar-refractivity contribution in [1.82, 2.24) is 0 Å². The van der Waals surface area contributed by atoms with Gasteiger partial charge in [-0.3, -0.25) is 4.55 Å². The second kappa shape index (κ2) is 16.9.